The van der Waals surface area contributed by atoms with E-state index in [2.05, 4.69) is 26.7 Å². The summed E-state index contributed by atoms with van der Waals surface area (Å²) in [5.41, 5.74) is 3.36. The summed E-state index contributed by atoms with van der Waals surface area (Å²) in [5.74, 6) is 1.12. The van der Waals surface area contributed by atoms with Crippen LogP contribution in [0.3, 0.4) is 0 Å². The van der Waals surface area contributed by atoms with Gasteiger partial charge in [-0.3, -0.25) is 0 Å². The Morgan fingerprint density at radius 3 is 2.43 bits per heavy atom. The molecule has 0 bridgehead atoms. The summed E-state index contributed by atoms with van der Waals surface area (Å²) < 4.78 is 0. The van der Waals surface area contributed by atoms with Gasteiger partial charge in [0.05, 0.1) is 11.3 Å². The van der Waals surface area contributed by atoms with Gasteiger partial charge in [0, 0.05) is 11.9 Å². The van der Waals surface area contributed by atoms with Gasteiger partial charge in [-0.2, -0.15) is 10.2 Å². The molecule has 0 amide bonds. The van der Waals surface area contributed by atoms with Gasteiger partial charge in [0.2, 0.25) is 5.95 Å². The highest BCUT2D eigenvalue weighted by Crippen LogP contribution is 2.21. The monoisotopic (exact) mass is 301 g/mol. The number of aryl methyl sites for hydroxylation is 1. The third kappa shape index (κ3) is 3.44. The van der Waals surface area contributed by atoms with Gasteiger partial charge < -0.3 is 10.6 Å². The number of para-hydroxylation sites is 2. The van der Waals surface area contributed by atoms with Gasteiger partial charge in [0.15, 0.2) is 0 Å². The van der Waals surface area contributed by atoms with Crippen LogP contribution in [-0.2, 0) is 0 Å². The molecular weight excluding hydrogens is 286 g/mol. The summed E-state index contributed by atoms with van der Waals surface area (Å²) in [4.78, 5) is 8.67. The molecule has 23 heavy (non-hydrogen) atoms. The molecule has 0 saturated heterocycles. The molecule has 1 heterocycles. The predicted molar refractivity (Wildman–Crippen MR) is 90.9 cm³/mol. The van der Waals surface area contributed by atoms with Crippen molar-refractivity contribution in [3.8, 4) is 6.07 Å². The van der Waals surface area contributed by atoms with Crippen LogP contribution in [0.4, 0.5) is 23.1 Å². The Balaban J connectivity index is 1.83. The largest absolute Gasteiger partial charge is 0.339 e. The standard InChI is InChI=1S/C18H15N5/c1-13-6-2-4-8-15(13)22-18-20-11-10-17(23-18)21-16-9-5-3-7-14(16)12-19/h2-11H,1H3,(H2,20,21,22,23). The second-order valence-electron chi connectivity index (χ2n) is 4.99. The zero-order valence-corrected chi connectivity index (χ0v) is 12.6. The van der Waals surface area contributed by atoms with Crippen molar-refractivity contribution >= 4 is 23.1 Å². The van der Waals surface area contributed by atoms with Gasteiger partial charge in [-0.15, -0.1) is 0 Å². The van der Waals surface area contributed by atoms with Crippen molar-refractivity contribution in [1.29, 1.82) is 5.26 Å². The molecule has 3 rings (SSSR count). The first-order valence-electron chi connectivity index (χ1n) is 7.18. The van der Waals surface area contributed by atoms with E-state index in [4.69, 9.17) is 5.26 Å². The zero-order valence-electron chi connectivity index (χ0n) is 12.6. The molecule has 1 aromatic heterocycles. The molecule has 0 unspecified atom stereocenters. The van der Waals surface area contributed by atoms with E-state index in [0.717, 1.165) is 16.9 Å². The summed E-state index contributed by atoms with van der Waals surface area (Å²) in [7, 11) is 0. The van der Waals surface area contributed by atoms with Crippen LogP contribution in [0.2, 0.25) is 0 Å². The average molecular weight is 301 g/mol. The van der Waals surface area contributed by atoms with Crippen LogP contribution in [-0.4, -0.2) is 9.97 Å². The molecule has 3 aromatic rings. The molecule has 0 fully saturated rings. The number of nitrogens with zero attached hydrogens (tertiary/aromatic N) is 3. The number of anilines is 4. The molecule has 0 saturated carbocycles. The summed E-state index contributed by atoms with van der Waals surface area (Å²) >= 11 is 0. The van der Waals surface area contributed by atoms with Crippen LogP contribution in [0.5, 0.6) is 0 Å². The third-order valence-electron chi connectivity index (χ3n) is 3.36. The van der Waals surface area contributed by atoms with Crippen molar-refractivity contribution in [2.45, 2.75) is 6.92 Å². The van der Waals surface area contributed by atoms with Crippen molar-refractivity contribution in [2.75, 3.05) is 10.6 Å². The molecule has 2 aromatic carbocycles. The highest BCUT2D eigenvalue weighted by molar-refractivity contribution is 5.65. The molecule has 0 radical (unpaired) electrons. The molecule has 0 spiro atoms. The SMILES string of the molecule is Cc1ccccc1Nc1nccc(Nc2ccccc2C#N)n1. The first-order valence-corrected chi connectivity index (χ1v) is 7.18. The zero-order chi connectivity index (χ0) is 16.1. The molecule has 0 atom stereocenters. The van der Waals surface area contributed by atoms with Crippen LogP contribution >= 0.6 is 0 Å². The van der Waals surface area contributed by atoms with Crippen molar-refractivity contribution < 1.29 is 0 Å². The Morgan fingerprint density at radius 2 is 1.65 bits per heavy atom. The number of hydrogen-bond donors (Lipinski definition) is 2. The van der Waals surface area contributed by atoms with E-state index in [1.165, 1.54) is 0 Å². The van der Waals surface area contributed by atoms with E-state index in [1.807, 2.05) is 49.4 Å². The Kier molecular flexibility index (Phi) is 4.16. The lowest BCUT2D eigenvalue weighted by atomic mass is 10.2. The highest BCUT2D eigenvalue weighted by Gasteiger charge is 2.05. The van der Waals surface area contributed by atoms with Gasteiger partial charge in [-0.1, -0.05) is 30.3 Å². The normalized spacial score (nSPS) is 9.91. The lowest BCUT2D eigenvalue weighted by Crippen LogP contribution is -2.02. The van der Waals surface area contributed by atoms with E-state index in [-0.39, 0.29) is 0 Å². The Bertz CT molecular complexity index is 867. The van der Waals surface area contributed by atoms with E-state index in [1.54, 1.807) is 18.3 Å². The summed E-state index contributed by atoms with van der Waals surface area (Å²) in [6.45, 7) is 2.02. The van der Waals surface area contributed by atoms with Gasteiger partial charge in [-0.25, -0.2) is 4.98 Å². The van der Waals surface area contributed by atoms with Gasteiger partial charge in [-0.05, 0) is 36.8 Å². The summed E-state index contributed by atoms with van der Waals surface area (Å²) in [6.07, 6.45) is 1.67. The minimum Gasteiger partial charge on any atom is -0.339 e. The summed E-state index contributed by atoms with van der Waals surface area (Å²) in [6, 6.07) is 19.2. The molecule has 0 aliphatic rings. The van der Waals surface area contributed by atoms with Crippen LogP contribution in [0.15, 0.2) is 60.8 Å². The topological polar surface area (TPSA) is 73.6 Å². The van der Waals surface area contributed by atoms with E-state index < -0.39 is 0 Å². The molecule has 112 valence electrons. The van der Waals surface area contributed by atoms with E-state index >= 15 is 0 Å². The lowest BCUT2D eigenvalue weighted by Gasteiger charge is -2.10. The molecule has 0 aliphatic heterocycles. The van der Waals surface area contributed by atoms with Crippen LogP contribution in [0.25, 0.3) is 0 Å². The van der Waals surface area contributed by atoms with Crippen molar-refractivity contribution in [3.05, 3.63) is 71.9 Å². The smallest absolute Gasteiger partial charge is 0.229 e. The Labute approximate surface area is 134 Å². The number of benzene rings is 2. The Morgan fingerprint density at radius 1 is 0.913 bits per heavy atom. The van der Waals surface area contributed by atoms with Crippen molar-refractivity contribution in [2.24, 2.45) is 0 Å². The minimum absolute atomic E-state index is 0.499. The maximum Gasteiger partial charge on any atom is 0.229 e. The van der Waals surface area contributed by atoms with Crippen molar-refractivity contribution in [1.82, 2.24) is 9.97 Å². The number of nitriles is 1. The predicted octanol–water partition coefficient (Wildman–Crippen LogP) is 4.14. The lowest BCUT2D eigenvalue weighted by molar-refractivity contribution is 1.16. The molecule has 5 heteroatoms. The average Bonchev–Trinajstić information content (AvgIpc) is 2.58. The maximum atomic E-state index is 9.14. The second kappa shape index (κ2) is 6.58. The number of nitrogens with one attached hydrogen (secondary N) is 2. The fourth-order valence-electron chi connectivity index (χ4n) is 2.15. The van der Waals surface area contributed by atoms with Crippen LogP contribution in [0, 0.1) is 18.3 Å². The second-order valence-corrected chi connectivity index (χ2v) is 4.99. The number of aromatic nitrogens is 2. The van der Waals surface area contributed by atoms with Gasteiger partial charge in [0.1, 0.15) is 11.9 Å². The van der Waals surface area contributed by atoms with E-state index in [9.17, 15) is 0 Å². The third-order valence-corrected chi connectivity index (χ3v) is 3.36. The fourth-order valence-corrected chi connectivity index (χ4v) is 2.15. The molecule has 0 aliphatic carbocycles. The number of rotatable bonds is 4. The Hall–Kier alpha value is -3.39. The molecule has 2 N–H and O–H groups in total. The minimum atomic E-state index is 0.499. The van der Waals surface area contributed by atoms with Gasteiger partial charge >= 0.3 is 0 Å². The number of hydrogen-bond acceptors (Lipinski definition) is 5. The summed E-state index contributed by atoms with van der Waals surface area (Å²) in [5, 5.41) is 15.5. The maximum absolute atomic E-state index is 9.14. The molecular formula is C18H15N5. The first-order chi connectivity index (χ1) is 11.3. The quantitative estimate of drug-likeness (QED) is 0.757. The first kappa shape index (κ1) is 14.5. The molecule has 5 nitrogen and oxygen atoms in total. The van der Waals surface area contributed by atoms with Crippen molar-refractivity contribution in [3.63, 3.8) is 0 Å². The van der Waals surface area contributed by atoms with E-state index in [0.29, 0.717) is 17.3 Å². The highest BCUT2D eigenvalue weighted by atomic mass is 15.1. The fraction of sp³-hybridized carbons (Fsp3) is 0.0556. The van der Waals surface area contributed by atoms with Crippen LogP contribution in [0.1, 0.15) is 11.1 Å². The van der Waals surface area contributed by atoms with Crippen LogP contribution < -0.4 is 10.6 Å². The van der Waals surface area contributed by atoms with Gasteiger partial charge in [0.25, 0.3) is 0 Å².